The number of carbonyl (C=O) groups excluding carboxylic acids is 1. The summed E-state index contributed by atoms with van der Waals surface area (Å²) in [5.41, 5.74) is 4.32. The third-order valence-electron chi connectivity index (χ3n) is 4.13. The number of fused-ring (bicyclic) bond motifs is 2. The molecule has 0 saturated heterocycles. The molecule has 2 N–H and O–H groups in total. The zero-order valence-corrected chi connectivity index (χ0v) is 13.0. The number of imidazole rings is 1. The van der Waals surface area contributed by atoms with Crippen molar-refractivity contribution in [3.63, 3.8) is 0 Å². The van der Waals surface area contributed by atoms with Crippen LogP contribution in [0.5, 0.6) is 0 Å². The van der Waals surface area contributed by atoms with Gasteiger partial charge in [-0.2, -0.15) is 0 Å². The molecule has 112 valence electrons. The third-order valence-corrected chi connectivity index (χ3v) is 5.07. The summed E-state index contributed by atoms with van der Waals surface area (Å²) in [7, 11) is 0. The number of rotatable bonds is 2. The van der Waals surface area contributed by atoms with Gasteiger partial charge in [0.1, 0.15) is 0 Å². The molecule has 5 nitrogen and oxygen atoms in total. The Labute approximate surface area is 131 Å². The molecule has 0 aliphatic heterocycles. The molecule has 1 atom stereocenters. The Hall–Kier alpha value is -2.21. The van der Waals surface area contributed by atoms with Crippen LogP contribution in [0.3, 0.4) is 0 Å². The molecule has 6 heteroatoms. The van der Waals surface area contributed by atoms with Gasteiger partial charge >= 0.3 is 0 Å². The Bertz CT molecular complexity index is 851. The van der Waals surface area contributed by atoms with E-state index in [1.54, 1.807) is 6.33 Å². The number of amides is 1. The van der Waals surface area contributed by atoms with Crippen molar-refractivity contribution in [1.29, 1.82) is 0 Å². The minimum absolute atomic E-state index is 0.0123. The molecule has 3 aromatic rings. The molecule has 0 fully saturated rings. The summed E-state index contributed by atoms with van der Waals surface area (Å²) in [6.07, 6.45) is 4.13. The number of aromatic amines is 1. The lowest BCUT2D eigenvalue weighted by Crippen LogP contribution is -2.28. The average Bonchev–Trinajstić information content (AvgIpc) is 3.11. The summed E-state index contributed by atoms with van der Waals surface area (Å²) >= 11 is 1.53. The maximum absolute atomic E-state index is 12.5. The van der Waals surface area contributed by atoms with Crippen LogP contribution in [0.25, 0.3) is 10.2 Å². The van der Waals surface area contributed by atoms with E-state index in [0.717, 1.165) is 40.9 Å². The van der Waals surface area contributed by atoms with E-state index in [1.807, 2.05) is 12.1 Å². The Morgan fingerprint density at radius 2 is 2.36 bits per heavy atom. The van der Waals surface area contributed by atoms with Gasteiger partial charge in [0.05, 0.1) is 22.2 Å². The van der Waals surface area contributed by atoms with Crippen LogP contribution in [0.1, 0.15) is 23.4 Å². The summed E-state index contributed by atoms with van der Waals surface area (Å²) in [6.45, 7) is 2.06. The largest absolute Gasteiger partial charge is 0.348 e. The number of aromatic nitrogens is 3. The van der Waals surface area contributed by atoms with Gasteiger partial charge in [-0.1, -0.05) is 17.4 Å². The second kappa shape index (κ2) is 5.21. The predicted octanol–water partition coefficient (Wildman–Crippen LogP) is 3.07. The quantitative estimate of drug-likeness (QED) is 0.764. The molecule has 0 radical (unpaired) electrons. The molecular formula is C16H16N4OS. The number of nitrogens with zero attached hydrogens (tertiary/aromatic N) is 2. The van der Waals surface area contributed by atoms with Crippen LogP contribution in [0, 0.1) is 12.8 Å². The molecule has 0 saturated carbocycles. The monoisotopic (exact) mass is 312 g/mol. The molecule has 4 rings (SSSR count). The number of hydrogen-bond acceptors (Lipinski definition) is 4. The van der Waals surface area contributed by atoms with E-state index in [-0.39, 0.29) is 11.8 Å². The summed E-state index contributed by atoms with van der Waals surface area (Å²) in [5, 5.41) is 3.66. The molecule has 0 spiro atoms. The maximum atomic E-state index is 12.5. The van der Waals surface area contributed by atoms with Gasteiger partial charge in [0.25, 0.3) is 0 Å². The lowest BCUT2D eigenvalue weighted by Gasteiger charge is -2.19. The Balaban J connectivity index is 1.51. The SMILES string of the molecule is Cc1ccc2nc(NC(=O)C3CCc4nc[nH]c4C3)sc2c1. The summed E-state index contributed by atoms with van der Waals surface area (Å²) < 4.78 is 1.11. The number of carbonyl (C=O) groups is 1. The summed E-state index contributed by atoms with van der Waals surface area (Å²) in [4.78, 5) is 24.4. The fourth-order valence-corrected chi connectivity index (χ4v) is 3.88. The highest BCUT2D eigenvalue weighted by Crippen LogP contribution is 2.28. The van der Waals surface area contributed by atoms with Gasteiger partial charge in [-0.15, -0.1) is 0 Å². The van der Waals surface area contributed by atoms with Gasteiger partial charge in [-0.05, 0) is 37.5 Å². The van der Waals surface area contributed by atoms with Gasteiger partial charge in [-0.3, -0.25) is 4.79 Å². The van der Waals surface area contributed by atoms with Crippen molar-refractivity contribution >= 4 is 32.6 Å². The number of aryl methyl sites for hydroxylation is 2. The van der Waals surface area contributed by atoms with Gasteiger partial charge in [0, 0.05) is 18.0 Å². The van der Waals surface area contributed by atoms with Crippen molar-refractivity contribution < 1.29 is 4.79 Å². The standard InChI is InChI=1S/C16H16N4OS/c1-9-2-4-12-14(6-9)22-16(19-12)20-15(21)10-3-5-11-13(7-10)18-8-17-11/h2,4,6,8,10H,3,5,7H2,1H3,(H,17,18)(H,19,20,21). The molecule has 22 heavy (non-hydrogen) atoms. The van der Waals surface area contributed by atoms with Gasteiger partial charge in [0.2, 0.25) is 5.91 Å². The van der Waals surface area contributed by atoms with Crippen molar-refractivity contribution in [1.82, 2.24) is 15.0 Å². The number of nitrogens with one attached hydrogen (secondary N) is 2. The van der Waals surface area contributed by atoms with Crippen LogP contribution in [-0.4, -0.2) is 20.9 Å². The first kappa shape index (κ1) is 13.5. The highest BCUT2D eigenvalue weighted by molar-refractivity contribution is 7.22. The van der Waals surface area contributed by atoms with E-state index < -0.39 is 0 Å². The van der Waals surface area contributed by atoms with E-state index >= 15 is 0 Å². The van der Waals surface area contributed by atoms with Crippen LogP contribution >= 0.6 is 11.3 Å². The smallest absolute Gasteiger partial charge is 0.229 e. The van der Waals surface area contributed by atoms with Crippen molar-refractivity contribution in [2.45, 2.75) is 26.2 Å². The van der Waals surface area contributed by atoms with Crippen LogP contribution in [-0.2, 0) is 17.6 Å². The van der Waals surface area contributed by atoms with Crippen LogP contribution in [0.4, 0.5) is 5.13 Å². The maximum Gasteiger partial charge on any atom is 0.229 e. The minimum Gasteiger partial charge on any atom is -0.348 e. The lowest BCUT2D eigenvalue weighted by molar-refractivity contribution is -0.120. The number of thiazole rings is 1. The topological polar surface area (TPSA) is 70.7 Å². The molecular weight excluding hydrogens is 296 g/mol. The predicted molar refractivity (Wildman–Crippen MR) is 87.1 cm³/mol. The van der Waals surface area contributed by atoms with E-state index in [4.69, 9.17) is 0 Å². The summed E-state index contributed by atoms with van der Waals surface area (Å²) in [6, 6.07) is 6.13. The Morgan fingerprint density at radius 1 is 1.45 bits per heavy atom. The number of anilines is 1. The zero-order valence-electron chi connectivity index (χ0n) is 12.2. The number of H-pyrrole nitrogens is 1. The Morgan fingerprint density at radius 3 is 3.27 bits per heavy atom. The number of benzene rings is 1. The molecule has 1 aromatic carbocycles. The number of hydrogen-bond donors (Lipinski definition) is 2. The van der Waals surface area contributed by atoms with Crippen LogP contribution in [0.2, 0.25) is 0 Å². The van der Waals surface area contributed by atoms with Gasteiger partial charge in [-0.25, -0.2) is 9.97 Å². The zero-order chi connectivity index (χ0) is 15.1. The molecule has 1 aliphatic carbocycles. The molecule has 1 amide bonds. The van der Waals surface area contributed by atoms with Gasteiger partial charge in [0.15, 0.2) is 5.13 Å². The third kappa shape index (κ3) is 2.39. The van der Waals surface area contributed by atoms with E-state index in [0.29, 0.717) is 5.13 Å². The second-order valence-corrected chi connectivity index (χ2v) is 6.78. The van der Waals surface area contributed by atoms with Gasteiger partial charge < -0.3 is 10.3 Å². The van der Waals surface area contributed by atoms with E-state index in [9.17, 15) is 4.79 Å². The first-order valence-electron chi connectivity index (χ1n) is 7.38. The normalized spacial score (nSPS) is 17.4. The van der Waals surface area contributed by atoms with Crippen molar-refractivity contribution in [3.05, 3.63) is 41.5 Å². The molecule has 2 heterocycles. The van der Waals surface area contributed by atoms with E-state index in [1.165, 1.54) is 16.9 Å². The minimum atomic E-state index is -0.0123. The molecule has 1 aliphatic rings. The fraction of sp³-hybridized carbons (Fsp3) is 0.312. The first-order chi connectivity index (χ1) is 10.7. The van der Waals surface area contributed by atoms with Crippen molar-refractivity contribution in [2.75, 3.05) is 5.32 Å². The van der Waals surface area contributed by atoms with Crippen molar-refractivity contribution in [2.24, 2.45) is 5.92 Å². The lowest BCUT2D eigenvalue weighted by atomic mass is 9.89. The van der Waals surface area contributed by atoms with E-state index in [2.05, 4.69) is 33.3 Å². The average molecular weight is 312 g/mol. The molecule has 1 unspecified atom stereocenters. The second-order valence-electron chi connectivity index (χ2n) is 5.75. The van der Waals surface area contributed by atoms with Crippen LogP contribution < -0.4 is 5.32 Å². The molecule has 2 aromatic heterocycles. The van der Waals surface area contributed by atoms with Crippen LogP contribution in [0.15, 0.2) is 24.5 Å². The highest BCUT2D eigenvalue weighted by atomic mass is 32.1. The summed E-state index contributed by atoms with van der Waals surface area (Å²) in [5.74, 6) is 0.0396. The Kier molecular flexibility index (Phi) is 3.18. The van der Waals surface area contributed by atoms with Crippen molar-refractivity contribution in [3.8, 4) is 0 Å². The first-order valence-corrected chi connectivity index (χ1v) is 8.20. The molecule has 0 bridgehead atoms. The highest BCUT2D eigenvalue weighted by Gasteiger charge is 2.26. The fourth-order valence-electron chi connectivity index (χ4n) is 2.92.